The highest BCUT2D eigenvalue weighted by molar-refractivity contribution is 5.98. The second kappa shape index (κ2) is 7.14. The van der Waals surface area contributed by atoms with Crippen LogP contribution in [-0.2, 0) is 0 Å². The van der Waals surface area contributed by atoms with E-state index in [4.69, 9.17) is 14.0 Å². The Morgan fingerprint density at radius 2 is 1.90 bits per heavy atom. The minimum Gasteiger partial charge on any atom is -0.454 e. The lowest BCUT2D eigenvalue weighted by atomic mass is 10.1. The molecule has 4 heterocycles. The fourth-order valence-electron chi connectivity index (χ4n) is 3.44. The highest BCUT2D eigenvalue weighted by atomic mass is 35.5. The lowest BCUT2D eigenvalue weighted by Gasteiger charge is -2.13. The average molecular weight is 424 g/mol. The van der Waals surface area contributed by atoms with Gasteiger partial charge in [-0.05, 0) is 44.0 Å². The molecule has 0 bridgehead atoms. The minimum absolute atomic E-state index is 0. The van der Waals surface area contributed by atoms with Crippen LogP contribution in [-0.4, -0.2) is 26.9 Å². The fraction of sp³-hybridized carbons (Fsp3) is 0.238. The topological polar surface area (TPSA) is 95.2 Å². The van der Waals surface area contributed by atoms with Gasteiger partial charge in [0, 0.05) is 34.9 Å². The monoisotopic (exact) mass is 423 g/mol. The predicted molar refractivity (Wildman–Crippen MR) is 113 cm³/mol. The molecule has 0 radical (unpaired) electrons. The number of ether oxygens (including phenoxy) is 2. The molecule has 30 heavy (non-hydrogen) atoms. The second-order valence-electron chi connectivity index (χ2n) is 7.30. The molecular formula is C21H18ClN5O3. The molecule has 8 nitrogen and oxygen atoms in total. The van der Waals surface area contributed by atoms with Gasteiger partial charge in [0.2, 0.25) is 6.79 Å². The van der Waals surface area contributed by atoms with Crippen molar-refractivity contribution in [2.24, 2.45) is 0 Å². The van der Waals surface area contributed by atoms with Gasteiger partial charge in [-0.15, -0.1) is 12.4 Å². The van der Waals surface area contributed by atoms with Crippen molar-refractivity contribution in [3.05, 3.63) is 48.0 Å². The lowest BCUT2D eigenvalue weighted by Crippen LogP contribution is -1.98. The summed E-state index contributed by atoms with van der Waals surface area (Å²) in [4.78, 5) is 13.7. The van der Waals surface area contributed by atoms with E-state index in [9.17, 15) is 0 Å². The third-order valence-electron chi connectivity index (χ3n) is 5.13. The Labute approximate surface area is 178 Å². The summed E-state index contributed by atoms with van der Waals surface area (Å²) >= 11 is 0. The summed E-state index contributed by atoms with van der Waals surface area (Å²) in [5, 5.41) is 8.50. The van der Waals surface area contributed by atoms with Crippen molar-refractivity contribution >= 4 is 34.8 Å². The maximum atomic E-state index is 5.57. The van der Waals surface area contributed by atoms with E-state index in [-0.39, 0.29) is 19.2 Å². The number of anilines is 2. The van der Waals surface area contributed by atoms with E-state index in [0.717, 1.165) is 52.4 Å². The summed E-state index contributed by atoms with van der Waals surface area (Å²) in [6.45, 7) is 2.18. The maximum Gasteiger partial charge on any atom is 0.261 e. The van der Waals surface area contributed by atoms with Crippen LogP contribution in [0.3, 0.4) is 0 Å². The Morgan fingerprint density at radius 3 is 2.77 bits per heavy atom. The molecular weight excluding hydrogens is 406 g/mol. The smallest absolute Gasteiger partial charge is 0.261 e. The largest absolute Gasteiger partial charge is 0.454 e. The zero-order chi connectivity index (χ0) is 19.4. The SMILES string of the molecule is Cc1ccc2c(Nc3ccc4c(c3)OCO4)c(-c3nc(C4CC4)no3)cnc2n1.Cl. The number of nitrogens with zero attached hydrogens (tertiary/aromatic N) is 4. The number of benzene rings is 1. The second-order valence-corrected chi connectivity index (χ2v) is 7.30. The summed E-state index contributed by atoms with van der Waals surface area (Å²) in [6, 6.07) is 9.69. The number of fused-ring (bicyclic) bond motifs is 2. The van der Waals surface area contributed by atoms with Gasteiger partial charge in [0.15, 0.2) is 23.0 Å². The Kier molecular flexibility index (Phi) is 4.43. The number of hydrogen-bond acceptors (Lipinski definition) is 8. The van der Waals surface area contributed by atoms with E-state index >= 15 is 0 Å². The summed E-state index contributed by atoms with van der Waals surface area (Å²) in [6.07, 6.45) is 3.95. The minimum atomic E-state index is 0. The molecule has 1 aliphatic heterocycles. The number of aromatic nitrogens is 4. The fourth-order valence-corrected chi connectivity index (χ4v) is 3.44. The van der Waals surface area contributed by atoms with E-state index in [1.807, 2.05) is 37.3 Å². The number of hydrogen-bond donors (Lipinski definition) is 1. The first-order valence-corrected chi connectivity index (χ1v) is 9.51. The Balaban J connectivity index is 0.00000193. The normalized spacial score (nSPS) is 14.6. The Hall–Kier alpha value is -3.39. The van der Waals surface area contributed by atoms with E-state index in [1.54, 1.807) is 6.20 Å². The van der Waals surface area contributed by atoms with Gasteiger partial charge in [0.25, 0.3) is 5.89 Å². The van der Waals surface area contributed by atoms with Crippen LogP contribution in [0.5, 0.6) is 11.5 Å². The molecule has 6 rings (SSSR count). The standard InChI is InChI=1S/C21H17N5O3.ClH/c1-11-2-6-14-18(24-13-5-7-16-17(8-13)28-10-27-16)15(9-22-20(14)23-11)21-25-19(26-29-21)12-3-4-12;/h2,5-9,12H,3-4,10H2,1H3,(H,22,23,24);1H. The van der Waals surface area contributed by atoms with Crippen LogP contribution in [0.15, 0.2) is 41.1 Å². The van der Waals surface area contributed by atoms with Gasteiger partial charge in [-0.1, -0.05) is 5.16 Å². The predicted octanol–water partition coefficient (Wildman–Crippen LogP) is 4.76. The Morgan fingerprint density at radius 1 is 1.03 bits per heavy atom. The van der Waals surface area contributed by atoms with Crippen molar-refractivity contribution in [3.8, 4) is 23.0 Å². The van der Waals surface area contributed by atoms with Crippen molar-refractivity contribution in [1.29, 1.82) is 0 Å². The van der Waals surface area contributed by atoms with Gasteiger partial charge in [-0.3, -0.25) is 0 Å². The van der Waals surface area contributed by atoms with Crippen LogP contribution in [0, 0.1) is 6.92 Å². The molecule has 2 aliphatic rings. The molecule has 1 saturated carbocycles. The van der Waals surface area contributed by atoms with Crippen LogP contribution >= 0.6 is 12.4 Å². The summed E-state index contributed by atoms with van der Waals surface area (Å²) in [5.74, 6) is 3.06. The van der Waals surface area contributed by atoms with Crippen molar-refractivity contribution in [3.63, 3.8) is 0 Å². The van der Waals surface area contributed by atoms with E-state index < -0.39 is 0 Å². The molecule has 9 heteroatoms. The van der Waals surface area contributed by atoms with Crippen LogP contribution in [0.25, 0.3) is 22.5 Å². The maximum absolute atomic E-state index is 5.57. The molecule has 1 aliphatic carbocycles. The summed E-state index contributed by atoms with van der Waals surface area (Å²) in [7, 11) is 0. The highest BCUT2D eigenvalue weighted by Crippen LogP contribution is 2.41. The average Bonchev–Trinajstić information content (AvgIpc) is 3.27. The van der Waals surface area contributed by atoms with Gasteiger partial charge >= 0.3 is 0 Å². The van der Waals surface area contributed by atoms with Crippen LogP contribution in [0.1, 0.15) is 30.3 Å². The van der Waals surface area contributed by atoms with Gasteiger partial charge in [-0.2, -0.15) is 4.98 Å². The van der Waals surface area contributed by atoms with E-state index in [0.29, 0.717) is 23.2 Å². The van der Waals surface area contributed by atoms with Crippen molar-refractivity contribution in [2.45, 2.75) is 25.7 Å². The number of rotatable bonds is 4. The highest BCUT2D eigenvalue weighted by Gasteiger charge is 2.29. The molecule has 152 valence electrons. The molecule has 0 spiro atoms. The zero-order valence-electron chi connectivity index (χ0n) is 16.1. The number of halogens is 1. The van der Waals surface area contributed by atoms with Crippen LogP contribution in [0.2, 0.25) is 0 Å². The number of pyridine rings is 2. The number of aryl methyl sites for hydroxylation is 1. The Bertz CT molecular complexity index is 1250. The van der Waals surface area contributed by atoms with Gasteiger partial charge in [0.1, 0.15) is 0 Å². The van der Waals surface area contributed by atoms with Crippen molar-refractivity contribution in [2.75, 3.05) is 12.1 Å². The van der Waals surface area contributed by atoms with Gasteiger partial charge < -0.3 is 19.3 Å². The molecule has 0 unspecified atom stereocenters. The molecule has 4 aromatic rings. The third-order valence-corrected chi connectivity index (χ3v) is 5.13. The van der Waals surface area contributed by atoms with E-state index in [1.165, 1.54) is 0 Å². The summed E-state index contributed by atoms with van der Waals surface area (Å²) in [5.41, 5.74) is 3.96. The van der Waals surface area contributed by atoms with Gasteiger partial charge in [0.05, 0.1) is 11.3 Å². The molecule has 0 amide bonds. The first-order valence-electron chi connectivity index (χ1n) is 9.51. The molecule has 3 aromatic heterocycles. The number of nitrogens with one attached hydrogen (secondary N) is 1. The van der Waals surface area contributed by atoms with Crippen LogP contribution < -0.4 is 14.8 Å². The van der Waals surface area contributed by atoms with Gasteiger partial charge in [-0.25, -0.2) is 9.97 Å². The first-order chi connectivity index (χ1) is 14.2. The molecule has 1 aromatic carbocycles. The van der Waals surface area contributed by atoms with Crippen molar-refractivity contribution < 1.29 is 14.0 Å². The molecule has 0 saturated heterocycles. The lowest BCUT2D eigenvalue weighted by molar-refractivity contribution is 0.174. The van der Waals surface area contributed by atoms with Crippen LogP contribution in [0.4, 0.5) is 11.4 Å². The van der Waals surface area contributed by atoms with E-state index in [2.05, 4.69) is 25.4 Å². The van der Waals surface area contributed by atoms with Crippen molar-refractivity contribution in [1.82, 2.24) is 20.1 Å². The summed E-state index contributed by atoms with van der Waals surface area (Å²) < 4.78 is 16.5. The third kappa shape index (κ3) is 3.19. The molecule has 1 fully saturated rings. The first kappa shape index (κ1) is 18.6. The quantitative estimate of drug-likeness (QED) is 0.502. The molecule has 0 atom stereocenters. The molecule has 1 N–H and O–H groups in total. The zero-order valence-corrected chi connectivity index (χ0v) is 16.9.